The molecule has 1 aromatic rings. The van der Waals surface area contributed by atoms with Gasteiger partial charge in [0.15, 0.2) is 0 Å². The molecule has 1 amide bonds. The van der Waals surface area contributed by atoms with E-state index in [1.165, 1.54) is 0 Å². The molecule has 0 spiro atoms. The van der Waals surface area contributed by atoms with Crippen molar-refractivity contribution >= 4 is 17.3 Å². The van der Waals surface area contributed by atoms with Crippen molar-refractivity contribution in [1.29, 1.82) is 0 Å². The van der Waals surface area contributed by atoms with Crippen LogP contribution in [0.5, 0.6) is 0 Å². The van der Waals surface area contributed by atoms with Crippen LogP contribution >= 0.6 is 0 Å². The number of carbonyl (C=O) groups excluding carboxylic acids is 1. The van der Waals surface area contributed by atoms with Gasteiger partial charge in [-0.15, -0.1) is 0 Å². The third-order valence-corrected chi connectivity index (χ3v) is 3.70. The Bertz CT molecular complexity index is 447. The van der Waals surface area contributed by atoms with Crippen LogP contribution in [0.3, 0.4) is 0 Å². The minimum atomic E-state index is -0.110. The van der Waals surface area contributed by atoms with Crippen LogP contribution < -0.4 is 11.1 Å². The van der Waals surface area contributed by atoms with E-state index in [4.69, 9.17) is 10.5 Å². The average Bonchev–Trinajstić information content (AvgIpc) is 2.53. The topological polar surface area (TPSA) is 64.3 Å². The van der Waals surface area contributed by atoms with E-state index in [0.717, 1.165) is 5.69 Å². The van der Waals surface area contributed by atoms with E-state index in [9.17, 15) is 4.79 Å². The zero-order chi connectivity index (χ0) is 13.3. The summed E-state index contributed by atoms with van der Waals surface area (Å²) in [6.45, 7) is 6.01. The molecule has 4 atom stereocenters. The quantitative estimate of drug-likeness (QED) is 0.789. The molecule has 0 saturated carbocycles. The highest BCUT2D eigenvalue weighted by Gasteiger charge is 2.41. The maximum atomic E-state index is 12.3. The van der Waals surface area contributed by atoms with Crippen molar-refractivity contribution in [1.82, 2.24) is 0 Å². The van der Waals surface area contributed by atoms with Crippen LogP contribution in [0, 0.1) is 11.8 Å². The Labute approximate surface area is 108 Å². The molecule has 1 aliphatic rings. The monoisotopic (exact) mass is 248 g/mol. The lowest BCUT2D eigenvalue weighted by Gasteiger charge is -2.18. The molecule has 4 unspecified atom stereocenters. The largest absolute Gasteiger partial charge is 0.399 e. The van der Waals surface area contributed by atoms with Gasteiger partial charge in [-0.2, -0.15) is 0 Å². The molecule has 1 heterocycles. The summed E-state index contributed by atoms with van der Waals surface area (Å²) in [5.74, 6) is 0.118. The second-order valence-electron chi connectivity index (χ2n) is 5.05. The van der Waals surface area contributed by atoms with Gasteiger partial charge in [-0.3, -0.25) is 4.79 Å². The highest BCUT2D eigenvalue weighted by Crippen LogP contribution is 2.33. The Hall–Kier alpha value is -1.55. The van der Waals surface area contributed by atoms with E-state index in [1.807, 2.05) is 26.0 Å². The molecule has 0 radical (unpaired) electrons. The fourth-order valence-corrected chi connectivity index (χ4v) is 2.56. The molecular weight excluding hydrogens is 228 g/mol. The molecule has 98 valence electrons. The Morgan fingerprint density at radius 1 is 1.28 bits per heavy atom. The van der Waals surface area contributed by atoms with Gasteiger partial charge in [-0.1, -0.05) is 13.0 Å². The molecule has 2 rings (SSSR count). The smallest absolute Gasteiger partial charge is 0.230 e. The first-order chi connectivity index (χ1) is 8.49. The van der Waals surface area contributed by atoms with Crippen LogP contribution in [-0.2, 0) is 9.53 Å². The van der Waals surface area contributed by atoms with Gasteiger partial charge >= 0.3 is 0 Å². The number of anilines is 2. The van der Waals surface area contributed by atoms with Gasteiger partial charge in [0, 0.05) is 11.4 Å². The first-order valence-corrected chi connectivity index (χ1v) is 6.31. The third kappa shape index (κ3) is 2.48. The number of rotatable bonds is 2. The van der Waals surface area contributed by atoms with Crippen LogP contribution in [0.25, 0.3) is 0 Å². The van der Waals surface area contributed by atoms with Crippen molar-refractivity contribution in [3.8, 4) is 0 Å². The molecular formula is C14H20N2O2. The van der Waals surface area contributed by atoms with Gasteiger partial charge in [-0.05, 0) is 38.0 Å². The normalized spacial score (nSPS) is 31.3. The average molecular weight is 248 g/mol. The highest BCUT2D eigenvalue weighted by atomic mass is 16.5. The molecule has 4 nitrogen and oxygen atoms in total. The molecule has 1 fully saturated rings. The molecule has 0 aromatic heterocycles. The highest BCUT2D eigenvalue weighted by molar-refractivity contribution is 5.93. The minimum absolute atomic E-state index is 0.00458. The van der Waals surface area contributed by atoms with Crippen molar-refractivity contribution in [2.24, 2.45) is 11.8 Å². The predicted molar refractivity (Wildman–Crippen MR) is 72.1 cm³/mol. The van der Waals surface area contributed by atoms with Crippen molar-refractivity contribution in [2.75, 3.05) is 11.1 Å². The number of hydrogen-bond donors (Lipinski definition) is 2. The second-order valence-corrected chi connectivity index (χ2v) is 5.05. The van der Waals surface area contributed by atoms with Crippen LogP contribution in [0.2, 0.25) is 0 Å². The zero-order valence-electron chi connectivity index (χ0n) is 11.0. The van der Waals surface area contributed by atoms with E-state index in [-0.39, 0.29) is 30.0 Å². The van der Waals surface area contributed by atoms with Crippen molar-refractivity contribution in [2.45, 2.75) is 33.0 Å². The molecule has 1 aliphatic heterocycles. The fraction of sp³-hybridized carbons (Fsp3) is 0.500. The number of carbonyl (C=O) groups is 1. The van der Waals surface area contributed by atoms with Gasteiger partial charge in [0.05, 0.1) is 18.1 Å². The summed E-state index contributed by atoms with van der Waals surface area (Å²) >= 11 is 0. The second kappa shape index (κ2) is 4.98. The molecule has 3 N–H and O–H groups in total. The van der Waals surface area contributed by atoms with E-state index < -0.39 is 0 Å². The van der Waals surface area contributed by atoms with Crippen LogP contribution in [0.4, 0.5) is 11.4 Å². The summed E-state index contributed by atoms with van der Waals surface area (Å²) < 4.78 is 5.68. The van der Waals surface area contributed by atoms with E-state index >= 15 is 0 Å². The van der Waals surface area contributed by atoms with Gasteiger partial charge in [0.1, 0.15) is 0 Å². The predicted octanol–water partition coefficient (Wildman–Crippen LogP) is 2.27. The Morgan fingerprint density at radius 3 is 2.56 bits per heavy atom. The van der Waals surface area contributed by atoms with E-state index in [2.05, 4.69) is 12.2 Å². The van der Waals surface area contributed by atoms with E-state index in [0.29, 0.717) is 5.69 Å². The van der Waals surface area contributed by atoms with E-state index in [1.54, 1.807) is 12.1 Å². The summed E-state index contributed by atoms with van der Waals surface area (Å²) in [6.07, 6.45) is 0.0765. The standard InChI is InChI=1S/C14H20N2O2/c1-8-9(2)18-10(3)13(8)14(17)16-12-6-4-5-11(15)7-12/h4-10,13H,15H2,1-3H3,(H,16,17). The number of benzene rings is 1. The Morgan fingerprint density at radius 2 is 2.00 bits per heavy atom. The van der Waals surface area contributed by atoms with Crippen LogP contribution in [-0.4, -0.2) is 18.1 Å². The van der Waals surface area contributed by atoms with Crippen molar-refractivity contribution in [3.63, 3.8) is 0 Å². The number of nitrogens with two attached hydrogens (primary N) is 1. The van der Waals surface area contributed by atoms with Gasteiger partial charge in [0.25, 0.3) is 0 Å². The summed E-state index contributed by atoms with van der Waals surface area (Å²) in [4.78, 5) is 12.3. The molecule has 0 bridgehead atoms. The summed E-state index contributed by atoms with van der Waals surface area (Å²) in [5, 5.41) is 2.91. The number of nitrogens with one attached hydrogen (secondary N) is 1. The van der Waals surface area contributed by atoms with Gasteiger partial charge in [-0.25, -0.2) is 0 Å². The summed E-state index contributed by atoms with van der Waals surface area (Å²) in [7, 11) is 0. The van der Waals surface area contributed by atoms with Crippen molar-refractivity contribution in [3.05, 3.63) is 24.3 Å². The van der Waals surface area contributed by atoms with Crippen molar-refractivity contribution < 1.29 is 9.53 Å². The summed E-state index contributed by atoms with van der Waals surface area (Å²) in [5.41, 5.74) is 7.07. The molecule has 1 saturated heterocycles. The first kappa shape index (κ1) is 12.9. The number of hydrogen-bond acceptors (Lipinski definition) is 3. The lowest BCUT2D eigenvalue weighted by molar-refractivity contribution is -0.121. The maximum Gasteiger partial charge on any atom is 0.230 e. The Balaban J connectivity index is 2.08. The number of nitrogen functional groups attached to an aromatic ring is 1. The molecule has 18 heavy (non-hydrogen) atoms. The van der Waals surface area contributed by atoms with Gasteiger partial charge < -0.3 is 15.8 Å². The number of ether oxygens (including phenoxy) is 1. The van der Waals surface area contributed by atoms with Crippen LogP contribution in [0.15, 0.2) is 24.3 Å². The van der Waals surface area contributed by atoms with Gasteiger partial charge in [0.2, 0.25) is 5.91 Å². The minimum Gasteiger partial charge on any atom is -0.399 e. The zero-order valence-corrected chi connectivity index (χ0v) is 11.0. The SMILES string of the molecule is CC1OC(C)C(C(=O)Nc2cccc(N)c2)C1C. The number of amides is 1. The maximum absolute atomic E-state index is 12.3. The fourth-order valence-electron chi connectivity index (χ4n) is 2.56. The summed E-state index contributed by atoms with van der Waals surface area (Å²) in [6, 6.07) is 7.21. The lowest BCUT2D eigenvalue weighted by atomic mass is 9.89. The third-order valence-electron chi connectivity index (χ3n) is 3.70. The molecule has 0 aliphatic carbocycles. The molecule has 4 heteroatoms. The first-order valence-electron chi connectivity index (χ1n) is 6.31. The lowest BCUT2D eigenvalue weighted by Crippen LogP contribution is -2.31. The van der Waals surface area contributed by atoms with Crippen LogP contribution in [0.1, 0.15) is 20.8 Å². The molecule has 1 aromatic carbocycles. The Kier molecular flexibility index (Phi) is 3.57.